The number of nitrogens with zero attached hydrogens (tertiary/aromatic N) is 2. The van der Waals surface area contributed by atoms with Crippen molar-refractivity contribution in [1.29, 1.82) is 0 Å². The first kappa shape index (κ1) is 17.8. The van der Waals surface area contributed by atoms with E-state index in [1.54, 1.807) is 4.90 Å². The van der Waals surface area contributed by atoms with E-state index in [9.17, 15) is 9.59 Å². The Balaban J connectivity index is 2.89. The van der Waals surface area contributed by atoms with Crippen LogP contribution in [0.4, 0.5) is 4.79 Å². The summed E-state index contributed by atoms with van der Waals surface area (Å²) >= 11 is 0. The van der Waals surface area contributed by atoms with Gasteiger partial charge in [-0.05, 0) is 34.1 Å². The summed E-state index contributed by atoms with van der Waals surface area (Å²) in [4.78, 5) is 27.2. The van der Waals surface area contributed by atoms with Gasteiger partial charge in [0.25, 0.3) is 0 Å². The molecule has 1 N–H and O–H groups in total. The van der Waals surface area contributed by atoms with Crippen LogP contribution in [0.25, 0.3) is 0 Å². The number of morpholine rings is 1. The van der Waals surface area contributed by atoms with Crippen molar-refractivity contribution in [3.63, 3.8) is 0 Å². The van der Waals surface area contributed by atoms with Gasteiger partial charge in [-0.3, -0.25) is 4.79 Å². The van der Waals surface area contributed by atoms with E-state index in [4.69, 9.17) is 9.84 Å². The molecule has 0 spiro atoms. The summed E-state index contributed by atoms with van der Waals surface area (Å²) in [7, 11) is 0. The molecule has 0 bridgehead atoms. The van der Waals surface area contributed by atoms with Gasteiger partial charge < -0.3 is 19.6 Å². The molecule has 122 valence electrons. The van der Waals surface area contributed by atoms with Gasteiger partial charge in [-0.1, -0.05) is 6.92 Å². The highest BCUT2D eigenvalue weighted by atomic mass is 16.5. The van der Waals surface area contributed by atoms with Crippen LogP contribution < -0.4 is 0 Å². The Morgan fingerprint density at radius 2 is 2.00 bits per heavy atom. The minimum Gasteiger partial charge on any atom is -0.481 e. The average Bonchev–Trinajstić information content (AvgIpc) is 2.36. The quantitative estimate of drug-likeness (QED) is 0.864. The fourth-order valence-corrected chi connectivity index (χ4v) is 2.50. The van der Waals surface area contributed by atoms with Crippen molar-refractivity contribution in [2.24, 2.45) is 0 Å². The number of carboxylic acid groups (broad SMARTS) is 1. The summed E-state index contributed by atoms with van der Waals surface area (Å²) in [5.41, 5.74) is -0.410. The maximum atomic E-state index is 12.9. The third-order valence-electron chi connectivity index (χ3n) is 3.77. The molecule has 1 aliphatic rings. The molecule has 0 radical (unpaired) electrons. The van der Waals surface area contributed by atoms with Crippen LogP contribution in [0, 0.1) is 0 Å². The highest BCUT2D eigenvalue weighted by Gasteiger charge is 2.36. The predicted molar refractivity (Wildman–Crippen MR) is 80.3 cm³/mol. The fraction of sp³-hybridized carbons (Fsp3) is 0.867. The van der Waals surface area contributed by atoms with Crippen molar-refractivity contribution in [3.8, 4) is 0 Å². The molecule has 1 aliphatic heterocycles. The Bertz CT molecular complexity index is 378. The summed E-state index contributed by atoms with van der Waals surface area (Å²) < 4.78 is 5.62. The minimum absolute atomic E-state index is 0.0121. The topological polar surface area (TPSA) is 70.1 Å². The predicted octanol–water partition coefficient (Wildman–Crippen LogP) is 2.18. The van der Waals surface area contributed by atoms with Crippen LogP contribution >= 0.6 is 0 Å². The molecule has 0 aromatic rings. The Morgan fingerprint density at radius 1 is 1.38 bits per heavy atom. The van der Waals surface area contributed by atoms with Crippen molar-refractivity contribution in [2.45, 2.75) is 65.1 Å². The first-order valence-corrected chi connectivity index (χ1v) is 7.58. The van der Waals surface area contributed by atoms with Crippen LogP contribution in [0.15, 0.2) is 0 Å². The lowest BCUT2D eigenvalue weighted by atomic mass is 10.1. The van der Waals surface area contributed by atoms with Crippen molar-refractivity contribution >= 4 is 12.0 Å². The molecule has 2 amide bonds. The Labute approximate surface area is 127 Å². The van der Waals surface area contributed by atoms with Crippen molar-refractivity contribution < 1.29 is 19.4 Å². The average molecular weight is 300 g/mol. The van der Waals surface area contributed by atoms with Gasteiger partial charge in [0.1, 0.15) is 0 Å². The summed E-state index contributed by atoms with van der Waals surface area (Å²) in [6.07, 6.45) is 0.799. The lowest BCUT2D eigenvalue weighted by Gasteiger charge is -2.44. The van der Waals surface area contributed by atoms with E-state index >= 15 is 0 Å². The number of hydrogen-bond acceptors (Lipinski definition) is 3. The van der Waals surface area contributed by atoms with E-state index in [2.05, 4.69) is 0 Å². The van der Waals surface area contributed by atoms with Gasteiger partial charge in [0, 0.05) is 18.6 Å². The summed E-state index contributed by atoms with van der Waals surface area (Å²) in [6.45, 7) is 11.1. The number of amides is 2. The molecule has 6 heteroatoms. The summed E-state index contributed by atoms with van der Waals surface area (Å²) in [5.74, 6) is -0.889. The second-order valence-corrected chi connectivity index (χ2v) is 6.61. The third-order valence-corrected chi connectivity index (χ3v) is 3.77. The van der Waals surface area contributed by atoms with E-state index in [1.807, 2.05) is 39.5 Å². The maximum absolute atomic E-state index is 12.9. The Kier molecular flexibility index (Phi) is 6.01. The Hall–Kier alpha value is -1.30. The van der Waals surface area contributed by atoms with Crippen molar-refractivity contribution in [2.75, 3.05) is 19.7 Å². The standard InChI is InChI=1S/C15H28N2O4/c1-6-12-10-21-11(2)9-16(12)14(20)17(15(3,4)5)8-7-13(18)19/h11-12H,6-10H2,1-5H3,(H,18,19). The highest BCUT2D eigenvalue weighted by molar-refractivity contribution is 5.76. The molecule has 6 nitrogen and oxygen atoms in total. The van der Waals surface area contributed by atoms with Crippen molar-refractivity contribution in [3.05, 3.63) is 0 Å². The van der Waals surface area contributed by atoms with Crippen LogP contribution in [0.3, 0.4) is 0 Å². The molecule has 1 saturated heterocycles. The first-order valence-electron chi connectivity index (χ1n) is 7.58. The largest absolute Gasteiger partial charge is 0.481 e. The number of rotatable bonds is 4. The van der Waals surface area contributed by atoms with E-state index in [0.29, 0.717) is 13.2 Å². The molecule has 0 aliphatic carbocycles. The first-order chi connectivity index (χ1) is 9.66. The van der Waals surface area contributed by atoms with Crippen LogP contribution in [0.2, 0.25) is 0 Å². The third kappa shape index (κ3) is 4.88. The lowest BCUT2D eigenvalue weighted by Crippen LogP contribution is -2.59. The van der Waals surface area contributed by atoms with Gasteiger partial charge in [-0.2, -0.15) is 0 Å². The molecule has 0 saturated carbocycles. The zero-order valence-electron chi connectivity index (χ0n) is 13.8. The molecule has 0 aromatic carbocycles. The van der Waals surface area contributed by atoms with Crippen molar-refractivity contribution in [1.82, 2.24) is 9.80 Å². The van der Waals surface area contributed by atoms with Crippen LogP contribution in [0.5, 0.6) is 0 Å². The monoisotopic (exact) mass is 300 g/mol. The normalized spacial score (nSPS) is 23.0. The molecular weight excluding hydrogens is 272 g/mol. The van der Waals surface area contributed by atoms with Gasteiger partial charge in [0.15, 0.2) is 0 Å². The van der Waals surface area contributed by atoms with Gasteiger partial charge in [0.05, 0.1) is 25.2 Å². The molecule has 2 unspecified atom stereocenters. The molecule has 2 atom stereocenters. The number of carbonyl (C=O) groups is 2. The molecular formula is C15H28N2O4. The van der Waals surface area contributed by atoms with E-state index in [0.717, 1.165) is 6.42 Å². The zero-order valence-corrected chi connectivity index (χ0v) is 13.8. The molecule has 0 aromatic heterocycles. The molecule has 1 rings (SSSR count). The van der Waals surface area contributed by atoms with Gasteiger partial charge in [-0.25, -0.2) is 4.79 Å². The maximum Gasteiger partial charge on any atom is 0.320 e. The minimum atomic E-state index is -0.889. The zero-order chi connectivity index (χ0) is 16.2. The number of carbonyl (C=O) groups excluding carboxylic acids is 1. The van der Waals surface area contributed by atoms with Crippen LogP contribution in [0.1, 0.15) is 47.5 Å². The van der Waals surface area contributed by atoms with Gasteiger partial charge in [0.2, 0.25) is 0 Å². The van der Waals surface area contributed by atoms with Crippen LogP contribution in [-0.2, 0) is 9.53 Å². The van der Waals surface area contributed by atoms with E-state index in [-0.39, 0.29) is 31.1 Å². The number of hydrogen-bond donors (Lipinski definition) is 1. The molecule has 1 fully saturated rings. The second kappa shape index (κ2) is 7.11. The summed E-state index contributed by atoms with van der Waals surface area (Å²) in [6, 6.07) is -0.0332. The Morgan fingerprint density at radius 3 is 2.48 bits per heavy atom. The number of ether oxygens (including phenoxy) is 1. The lowest BCUT2D eigenvalue weighted by molar-refractivity contribution is -0.137. The van der Waals surface area contributed by atoms with E-state index in [1.165, 1.54) is 0 Å². The van der Waals surface area contributed by atoms with E-state index < -0.39 is 11.5 Å². The van der Waals surface area contributed by atoms with Gasteiger partial charge >= 0.3 is 12.0 Å². The SMILES string of the molecule is CCC1COC(C)CN1C(=O)N(CCC(=O)O)C(C)(C)C. The van der Waals surface area contributed by atoms with Gasteiger partial charge in [-0.15, -0.1) is 0 Å². The second-order valence-electron chi connectivity index (χ2n) is 6.61. The smallest absolute Gasteiger partial charge is 0.320 e. The molecule has 1 heterocycles. The number of carboxylic acids is 1. The number of urea groups is 1. The highest BCUT2D eigenvalue weighted by Crippen LogP contribution is 2.22. The summed E-state index contributed by atoms with van der Waals surface area (Å²) in [5, 5.41) is 8.89. The molecule has 21 heavy (non-hydrogen) atoms. The van der Waals surface area contributed by atoms with Crippen LogP contribution in [-0.4, -0.2) is 64.3 Å². The fourth-order valence-electron chi connectivity index (χ4n) is 2.50. The number of aliphatic carboxylic acids is 1.